The fourth-order valence-corrected chi connectivity index (χ4v) is 1.47. The summed E-state index contributed by atoms with van der Waals surface area (Å²) in [6, 6.07) is 5.84. The number of benzene rings is 1. The fraction of sp³-hybridized carbons (Fsp3) is 0.417. The van der Waals surface area contributed by atoms with E-state index < -0.39 is 6.09 Å². The molecule has 0 aliphatic rings. The van der Waals surface area contributed by atoms with Gasteiger partial charge in [0.2, 0.25) is 0 Å². The molecule has 1 aromatic rings. The third-order valence-electron chi connectivity index (χ3n) is 2.50. The van der Waals surface area contributed by atoms with Gasteiger partial charge in [-0.25, -0.2) is 4.79 Å². The molecular formula is C12H21Cl2N3O2. The summed E-state index contributed by atoms with van der Waals surface area (Å²) in [6.45, 7) is 0. The maximum Gasteiger partial charge on any atom is 0.412 e. The Hall–Kier alpha value is -1.01. The van der Waals surface area contributed by atoms with Gasteiger partial charge in [-0.15, -0.1) is 0 Å². The van der Waals surface area contributed by atoms with Gasteiger partial charge >= 0.3 is 6.09 Å². The Labute approximate surface area is 126 Å². The minimum atomic E-state index is -0.447. The molecule has 1 amide bonds. The highest BCUT2D eigenvalue weighted by molar-refractivity contribution is 5.72. The number of nitrogens with one attached hydrogen (secondary N) is 3. The van der Waals surface area contributed by atoms with Crippen molar-refractivity contribution in [2.75, 3.05) is 35.2 Å². The van der Waals surface area contributed by atoms with Gasteiger partial charge in [-0.05, 0) is 6.07 Å². The van der Waals surface area contributed by atoms with Crippen LogP contribution in [0.4, 0.5) is 16.2 Å². The number of carbonyl (C=O) groups is 1. The van der Waals surface area contributed by atoms with Crippen molar-refractivity contribution in [1.29, 1.82) is 0 Å². The lowest BCUT2D eigenvalue weighted by atomic mass is 10.2. The van der Waals surface area contributed by atoms with Crippen molar-refractivity contribution in [3.63, 3.8) is 0 Å². The third-order valence-corrected chi connectivity index (χ3v) is 2.50. The summed E-state index contributed by atoms with van der Waals surface area (Å²) >= 11 is 0. The fourth-order valence-electron chi connectivity index (χ4n) is 1.47. The van der Waals surface area contributed by atoms with Crippen LogP contribution in [-0.4, -0.2) is 41.3 Å². The Morgan fingerprint density at radius 2 is 1.68 bits per heavy atom. The van der Waals surface area contributed by atoms with Crippen molar-refractivity contribution >= 4 is 17.5 Å². The first-order chi connectivity index (χ1) is 7.95. The second-order valence-electron chi connectivity index (χ2n) is 4.35. The Balaban J connectivity index is 0. The molecule has 0 atom stereocenters. The van der Waals surface area contributed by atoms with Gasteiger partial charge in [-0.2, -0.15) is 0 Å². The highest BCUT2D eigenvalue weighted by atomic mass is 35.5. The average molecular weight is 310 g/mol. The number of amides is 1. The minimum Gasteiger partial charge on any atom is -1.00 e. The molecule has 5 nitrogen and oxygen atoms in total. The topological polar surface area (TPSA) is 47.2 Å². The Kier molecular flexibility index (Phi) is 9.60. The molecule has 3 N–H and O–H groups in total. The summed E-state index contributed by atoms with van der Waals surface area (Å²) in [5.74, 6) is 0.592. The Morgan fingerprint density at radius 3 is 2.11 bits per heavy atom. The van der Waals surface area contributed by atoms with Gasteiger partial charge in [0, 0.05) is 13.1 Å². The number of rotatable bonds is 3. The average Bonchev–Trinajstić information content (AvgIpc) is 2.28. The maximum absolute atomic E-state index is 11.2. The third kappa shape index (κ3) is 5.65. The molecule has 0 fully saturated rings. The van der Waals surface area contributed by atoms with Gasteiger partial charge in [-0.3, -0.25) is 0 Å². The van der Waals surface area contributed by atoms with Crippen molar-refractivity contribution in [3.8, 4) is 5.75 Å². The summed E-state index contributed by atoms with van der Waals surface area (Å²) in [6.07, 6.45) is -0.447. The van der Waals surface area contributed by atoms with E-state index in [1.165, 1.54) is 4.90 Å². The summed E-state index contributed by atoms with van der Waals surface area (Å²) in [5.41, 5.74) is 2.12. The predicted molar refractivity (Wildman–Crippen MR) is 66.5 cm³/mol. The van der Waals surface area contributed by atoms with Gasteiger partial charge in [0.1, 0.15) is 5.69 Å². The Morgan fingerprint density at radius 1 is 1.11 bits per heavy atom. The van der Waals surface area contributed by atoms with Crippen LogP contribution in [0.25, 0.3) is 0 Å². The molecule has 0 bridgehead atoms. The zero-order valence-corrected chi connectivity index (χ0v) is 13.3. The molecule has 0 aromatic heterocycles. The van der Waals surface area contributed by atoms with Crippen LogP contribution >= 0.6 is 0 Å². The number of hydrogen-bond acceptors (Lipinski definition) is 2. The molecular weight excluding hydrogens is 289 g/mol. The van der Waals surface area contributed by atoms with Gasteiger partial charge in [0.15, 0.2) is 11.4 Å². The lowest BCUT2D eigenvalue weighted by molar-refractivity contribution is -0.793. The molecule has 1 rings (SSSR count). The second-order valence-corrected chi connectivity index (χ2v) is 4.35. The molecule has 0 unspecified atom stereocenters. The van der Waals surface area contributed by atoms with Crippen LogP contribution in [0.5, 0.6) is 5.75 Å². The number of carbonyl (C=O) groups excluding carboxylic acids is 1. The summed E-state index contributed by atoms with van der Waals surface area (Å²) in [4.78, 5) is 13.6. The van der Waals surface area contributed by atoms with E-state index in [2.05, 4.69) is 19.4 Å². The minimum absolute atomic E-state index is 0. The first-order valence-corrected chi connectivity index (χ1v) is 5.60. The molecule has 0 radical (unpaired) electrons. The van der Waals surface area contributed by atoms with Gasteiger partial charge in [0.25, 0.3) is 0 Å². The molecule has 0 saturated heterocycles. The van der Waals surface area contributed by atoms with Gasteiger partial charge < -0.3 is 44.7 Å². The lowest BCUT2D eigenvalue weighted by Gasteiger charge is -2.14. The maximum atomic E-state index is 11.2. The zero-order chi connectivity index (χ0) is 13.0. The molecule has 0 saturated carbocycles. The lowest BCUT2D eigenvalue weighted by Crippen LogP contribution is -3.02. The summed E-state index contributed by atoms with van der Waals surface area (Å²) in [5, 5.41) is 2.44. The number of hydrogen-bond donors (Lipinski definition) is 3. The first-order valence-electron chi connectivity index (χ1n) is 5.60. The van der Waals surface area contributed by atoms with Crippen LogP contribution in [0.3, 0.4) is 0 Å². The molecule has 19 heavy (non-hydrogen) atoms. The SMILES string of the molecule is CNC(=O)Oc1ccc([NH+](C)C)cc1[NH+](C)C.[Cl-].[Cl-]. The quantitative estimate of drug-likeness (QED) is 0.520. The van der Waals surface area contributed by atoms with Gasteiger partial charge in [-0.1, -0.05) is 0 Å². The van der Waals surface area contributed by atoms with Crippen molar-refractivity contribution < 1.29 is 44.1 Å². The molecule has 1 aromatic carbocycles. The normalized spacial score (nSPS) is 9.63. The smallest absolute Gasteiger partial charge is 0.412 e. The standard InChI is InChI=1S/C12H19N3O2.2ClH/c1-13-12(16)17-11-7-6-9(14(2)3)8-10(11)15(4)5;;/h6-8H,1-5H3,(H,13,16);2*1H. The van der Waals surface area contributed by atoms with E-state index in [9.17, 15) is 4.79 Å². The summed E-state index contributed by atoms with van der Waals surface area (Å²) in [7, 11) is 9.66. The van der Waals surface area contributed by atoms with Crippen LogP contribution in [0, 0.1) is 0 Å². The van der Waals surface area contributed by atoms with Crippen molar-refractivity contribution in [1.82, 2.24) is 5.32 Å². The molecule has 0 heterocycles. The van der Waals surface area contributed by atoms with E-state index >= 15 is 0 Å². The van der Waals surface area contributed by atoms with E-state index in [-0.39, 0.29) is 24.8 Å². The summed E-state index contributed by atoms with van der Waals surface area (Å²) < 4.78 is 5.21. The largest absolute Gasteiger partial charge is 1.00 e. The molecule has 7 heteroatoms. The van der Waals surface area contributed by atoms with E-state index in [4.69, 9.17) is 4.74 Å². The molecule has 0 aliphatic carbocycles. The molecule has 0 aliphatic heterocycles. The molecule has 0 spiro atoms. The second kappa shape index (κ2) is 8.98. The van der Waals surface area contributed by atoms with Crippen LogP contribution in [0.2, 0.25) is 0 Å². The van der Waals surface area contributed by atoms with E-state index in [0.717, 1.165) is 16.3 Å². The first kappa shape index (κ1) is 20.3. The van der Waals surface area contributed by atoms with Crippen molar-refractivity contribution in [3.05, 3.63) is 18.2 Å². The van der Waals surface area contributed by atoms with Crippen LogP contribution in [0.15, 0.2) is 18.2 Å². The molecule has 110 valence electrons. The number of quaternary nitrogens is 2. The van der Waals surface area contributed by atoms with E-state index in [0.29, 0.717) is 5.75 Å². The van der Waals surface area contributed by atoms with Crippen LogP contribution in [0.1, 0.15) is 0 Å². The Bertz CT molecular complexity index is 412. The number of halogens is 2. The monoisotopic (exact) mass is 309 g/mol. The van der Waals surface area contributed by atoms with Gasteiger partial charge in [0.05, 0.1) is 34.3 Å². The highest BCUT2D eigenvalue weighted by Crippen LogP contribution is 2.23. The number of ether oxygens (including phenoxy) is 1. The van der Waals surface area contributed by atoms with E-state index in [1.54, 1.807) is 7.05 Å². The van der Waals surface area contributed by atoms with Crippen molar-refractivity contribution in [2.45, 2.75) is 0 Å². The predicted octanol–water partition coefficient (Wildman–Crippen LogP) is -7.04. The van der Waals surface area contributed by atoms with E-state index in [1.807, 2.05) is 32.3 Å². The highest BCUT2D eigenvalue weighted by Gasteiger charge is 2.16. The van der Waals surface area contributed by atoms with Crippen molar-refractivity contribution in [2.24, 2.45) is 0 Å². The van der Waals surface area contributed by atoms with Crippen LogP contribution < -0.4 is 44.7 Å². The van der Waals surface area contributed by atoms with Crippen LogP contribution in [-0.2, 0) is 0 Å². The zero-order valence-electron chi connectivity index (χ0n) is 11.8.